The van der Waals surface area contributed by atoms with Gasteiger partial charge in [0.05, 0.1) is 40.4 Å². The molecule has 0 spiro atoms. The Morgan fingerprint density at radius 3 is 2.78 bits per heavy atom. The Kier molecular flexibility index (Phi) is 5.91. The van der Waals surface area contributed by atoms with Crippen LogP contribution < -0.4 is 15.0 Å². The molecule has 12 heteroatoms. The number of H-pyrrole nitrogens is 1. The van der Waals surface area contributed by atoms with Crippen molar-refractivity contribution >= 4 is 49.3 Å². The van der Waals surface area contributed by atoms with Crippen molar-refractivity contribution in [2.24, 2.45) is 0 Å². The third-order valence-corrected chi connectivity index (χ3v) is 9.68. The number of amides is 1. The van der Waals surface area contributed by atoms with Gasteiger partial charge in [0, 0.05) is 34.7 Å². The fourth-order valence-corrected chi connectivity index (χ4v) is 6.95. The van der Waals surface area contributed by atoms with Crippen LogP contribution in [0, 0.1) is 5.82 Å². The first-order valence-corrected chi connectivity index (χ1v) is 14.9. The lowest BCUT2D eigenvalue weighted by molar-refractivity contribution is 0.0974. The molecule has 0 unspecified atom stereocenters. The number of nitrogens with zero attached hydrogens (tertiary/aromatic N) is 2. The van der Waals surface area contributed by atoms with Crippen LogP contribution in [0.3, 0.4) is 0 Å². The molecule has 1 saturated carbocycles. The zero-order chi connectivity index (χ0) is 28.5. The zero-order valence-corrected chi connectivity index (χ0v) is 23.0. The van der Waals surface area contributed by atoms with E-state index >= 15 is 4.39 Å². The Morgan fingerprint density at radius 1 is 1.20 bits per heavy atom. The Balaban J connectivity index is 1.55. The van der Waals surface area contributed by atoms with Gasteiger partial charge in [0.25, 0.3) is 11.5 Å². The number of ether oxygens (including phenoxy) is 1. The van der Waals surface area contributed by atoms with Crippen LogP contribution in [0.2, 0.25) is 5.15 Å². The Bertz CT molecular complexity index is 2090. The van der Waals surface area contributed by atoms with E-state index in [1.54, 1.807) is 6.07 Å². The van der Waals surface area contributed by atoms with Crippen molar-refractivity contribution in [3.05, 3.63) is 92.9 Å². The molecule has 5 aromatic rings. The Hall–Kier alpha value is -4.22. The van der Waals surface area contributed by atoms with Gasteiger partial charge in [-0.1, -0.05) is 29.8 Å². The number of aromatic amines is 1. The minimum atomic E-state index is -3.97. The highest BCUT2D eigenvalue weighted by Crippen LogP contribution is 2.45. The summed E-state index contributed by atoms with van der Waals surface area (Å²) in [5, 5.41) is 0.631. The number of hydrogen-bond donors (Lipinski definition) is 2. The lowest BCUT2D eigenvalue weighted by atomic mass is 10.00. The van der Waals surface area contributed by atoms with Gasteiger partial charge in [0.1, 0.15) is 22.4 Å². The Morgan fingerprint density at radius 2 is 2.00 bits per heavy atom. The molecule has 7 rings (SSSR count). The normalized spacial score (nSPS) is 14.8. The quantitative estimate of drug-likeness (QED) is 0.279. The largest absolute Gasteiger partial charge is 0.492 e. The maximum absolute atomic E-state index is 15.4. The smallest absolute Gasteiger partial charge is 0.282 e. The number of carbonyl (C=O) groups is 1. The number of hydrogen-bond acceptors (Lipinski definition) is 6. The molecule has 2 N–H and O–H groups in total. The van der Waals surface area contributed by atoms with E-state index in [0.717, 1.165) is 5.39 Å². The van der Waals surface area contributed by atoms with E-state index in [1.165, 1.54) is 22.9 Å². The minimum absolute atomic E-state index is 0.0671. The highest BCUT2D eigenvalue weighted by Gasteiger charge is 2.39. The van der Waals surface area contributed by atoms with Crippen molar-refractivity contribution in [3.8, 4) is 16.9 Å². The van der Waals surface area contributed by atoms with Gasteiger partial charge >= 0.3 is 0 Å². The predicted octanol–water partition coefficient (Wildman–Crippen LogP) is 4.54. The third kappa shape index (κ3) is 4.27. The molecule has 2 aromatic carbocycles. The number of para-hydroxylation sites is 1. The summed E-state index contributed by atoms with van der Waals surface area (Å²) in [5.41, 5.74) is 1.37. The maximum Gasteiger partial charge on any atom is 0.282 e. The molecule has 4 heterocycles. The van der Waals surface area contributed by atoms with Crippen molar-refractivity contribution in [1.82, 2.24) is 19.3 Å². The van der Waals surface area contributed by atoms with Crippen LogP contribution in [0.4, 0.5) is 4.39 Å². The van der Waals surface area contributed by atoms with Gasteiger partial charge in [0.2, 0.25) is 10.0 Å². The molecule has 0 atom stereocenters. The first kappa shape index (κ1) is 25.7. The molecule has 1 aliphatic carbocycles. The summed E-state index contributed by atoms with van der Waals surface area (Å²) in [6.07, 6.45) is 2.65. The van der Waals surface area contributed by atoms with E-state index in [9.17, 15) is 18.0 Å². The van der Waals surface area contributed by atoms with Crippen LogP contribution >= 0.6 is 11.6 Å². The van der Waals surface area contributed by atoms with Gasteiger partial charge in [-0.25, -0.2) is 22.5 Å². The van der Waals surface area contributed by atoms with Crippen molar-refractivity contribution < 1.29 is 22.3 Å². The average molecular weight is 593 g/mol. The first-order chi connectivity index (χ1) is 19.7. The molecule has 1 aliphatic heterocycles. The number of halogens is 2. The molecule has 9 nitrogen and oxygen atoms in total. The van der Waals surface area contributed by atoms with Gasteiger partial charge in [-0.15, -0.1) is 0 Å². The summed E-state index contributed by atoms with van der Waals surface area (Å²) < 4.78 is 50.8. The summed E-state index contributed by atoms with van der Waals surface area (Å²) in [4.78, 5) is 34.2. The number of nitrogens with one attached hydrogen (secondary N) is 2. The highest BCUT2D eigenvalue weighted by atomic mass is 35.5. The number of fused-ring (bicyclic) bond motifs is 4. The van der Waals surface area contributed by atoms with Crippen LogP contribution in [-0.4, -0.2) is 40.7 Å². The van der Waals surface area contributed by atoms with Crippen LogP contribution in [0.5, 0.6) is 5.75 Å². The number of carbonyl (C=O) groups excluding carboxylic acids is 1. The molecule has 3 aromatic heterocycles. The van der Waals surface area contributed by atoms with Gasteiger partial charge in [-0.2, -0.15) is 0 Å². The lowest BCUT2D eigenvalue weighted by Crippen LogP contribution is -2.35. The second-order valence-electron chi connectivity index (χ2n) is 10.2. The summed E-state index contributed by atoms with van der Waals surface area (Å²) in [6.45, 7) is 0.154. The summed E-state index contributed by atoms with van der Waals surface area (Å²) >= 11 is 6.59. The summed E-state index contributed by atoms with van der Waals surface area (Å²) in [6, 6.07) is 13.6. The molecule has 208 valence electrons. The topological polar surface area (TPSA) is 123 Å². The number of pyridine rings is 2. The van der Waals surface area contributed by atoms with Crippen LogP contribution in [0.1, 0.15) is 34.5 Å². The van der Waals surface area contributed by atoms with Gasteiger partial charge in [-0.3, -0.25) is 9.59 Å². The van der Waals surface area contributed by atoms with Crippen molar-refractivity contribution in [2.75, 3.05) is 6.61 Å². The number of benzene rings is 2. The maximum atomic E-state index is 15.4. The van der Waals surface area contributed by atoms with E-state index in [-0.39, 0.29) is 46.4 Å². The predicted molar refractivity (Wildman–Crippen MR) is 152 cm³/mol. The standard InChI is InChI=1S/C29H22ClFN4O5S/c30-27-16(12-15-4-1-2-6-21(15)33-27)14-35-22-13-20(31)18-9-11-40-26(18)24(22)23(19-5-3-10-32-28(19)36)25(35)29(37)34-41(38,39)17-7-8-17/h1-6,10,12-13,17H,7-9,11,14H2,(H,32,36)(H,34,37). The van der Waals surface area contributed by atoms with E-state index < -0.39 is 32.6 Å². The summed E-state index contributed by atoms with van der Waals surface area (Å²) in [5.74, 6) is -1.25. The number of sulfonamides is 1. The minimum Gasteiger partial charge on any atom is -0.492 e. The SMILES string of the molecule is O=C(NS(=O)(=O)C1CC1)c1c(-c2ccc[nH]c2=O)c2c3c(c(F)cc2n1Cc1cc2ccccc2nc1Cl)CCO3. The van der Waals surface area contributed by atoms with Crippen LogP contribution in [0.15, 0.2) is 59.5 Å². The molecule has 2 aliphatic rings. The van der Waals surface area contributed by atoms with Crippen LogP contribution in [0.25, 0.3) is 32.9 Å². The van der Waals surface area contributed by atoms with Gasteiger partial charge in [-0.05, 0) is 43.2 Å². The van der Waals surface area contributed by atoms with Crippen LogP contribution in [-0.2, 0) is 23.0 Å². The lowest BCUT2D eigenvalue weighted by Gasteiger charge is -2.14. The van der Waals surface area contributed by atoms with Gasteiger partial charge < -0.3 is 14.3 Å². The fraction of sp³-hybridized carbons (Fsp3) is 0.207. The third-order valence-electron chi connectivity index (χ3n) is 7.53. The Labute approximate surface area is 238 Å². The number of rotatable bonds is 6. The van der Waals surface area contributed by atoms with Gasteiger partial charge in [0.15, 0.2) is 0 Å². The second-order valence-corrected chi connectivity index (χ2v) is 12.5. The van der Waals surface area contributed by atoms with Crippen molar-refractivity contribution in [3.63, 3.8) is 0 Å². The average Bonchev–Trinajstić information content (AvgIpc) is 3.62. The van der Waals surface area contributed by atoms with E-state index in [2.05, 4.69) is 14.7 Å². The van der Waals surface area contributed by atoms with E-state index in [4.69, 9.17) is 16.3 Å². The van der Waals surface area contributed by atoms with Crippen molar-refractivity contribution in [1.29, 1.82) is 0 Å². The molecule has 0 bridgehead atoms. The second kappa shape index (κ2) is 9.42. The first-order valence-electron chi connectivity index (χ1n) is 13.0. The van der Waals surface area contributed by atoms with E-state index in [1.807, 2.05) is 30.3 Å². The van der Waals surface area contributed by atoms with Crippen molar-refractivity contribution in [2.45, 2.75) is 31.1 Å². The molecule has 0 radical (unpaired) electrons. The number of aromatic nitrogens is 3. The molecule has 41 heavy (non-hydrogen) atoms. The zero-order valence-electron chi connectivity index (χ0n) is 21.4. The molecule has 0 saturated heterocycles. The molecular formula is C29H22ClFN4O5S. The molecule has 1 amide bonds. The summed E-state index contributed by atoms with van der Waals surface area (Å²) in [7, 11) is -3.97. The van der Waals surface area contributed by atoms with E-state index in [0.29, 0.717) is 41.3 Å². The molecule has 1 fully saturated rings. The molecular weight excluding hydrogens is 571 g/mol. The monoisotopic (exact) mass is 592 g/mol. The fourth-order valence-electron chi connectivity index (χ4n) is 5.47. The highest BCUT2D eigenvalue weighted by molar-refractivity contribution is 7.91.